The molecule has 0 aliphatic heterocycles. The van der Waals surface area contributed by atoms with Crippen molar-refractivity contribution >= 4 is 5.78 Å². The van der Waals surface area contributed by atoms with E-state index in [1.807, 2.05) is 0 Å². The third-order valence-electron chi connectivity index (χ3n) is 2.02. The minimum Gasteiger partial charge on any atom is -0.504 e. The van der Waals surface area contributed by atoms with Gasteiger partial charge in [0.25, 0.3) is 0 Å². The summed E-state index contributed by atoms with van der Waals surface area (Å²) in [4.78, 5) is 11.3. The SMILES string of the molecule is CO/C=C\C(=O)C1=CCC(F)CC1. The molecule has 0 aromatic carbocycles. The summed E-state index contributed by atoms with van der Waals surface area (Å²) in [5.74, 6) is -0.0752. The molecule has 13 heavy (non-hydrogen) atoms. The zero-order chi connectivity index (χ0) is 9.68. The number of ether oxygens (including phenoxy) is 1. The zero-order valence-electron chi connectivity index (χ0n) is 7.63. The number of alkyl halides is 1. The van der Waals surface area contributed by atoms with E-state index in [2.05, 4.69) is 4.74 Å². The molecule has 0 fully saturated rings. The van der Waals surface area contributed by atoms with Crippen LogP contribution < -0.4 is 0 Å². The van der Waals surface area contributed by atoms with Crippen LogP contribution in [0, 0.1) is 0 Å². The van der Waals surface area contributed by atoms with Crippen molar-refractivity contribution in [1.82, 2.24) is 0 Å². The van der Waals surface area contributed by atoms with Crippen LogP contribution in [-0.4, -0.2) is 19.1 Å². The van der Waals surface area contributed by atoms with Gasteiger partial charge in [-0.2, -0.15) is 0 Å². The fourth-order valence-electron chi connectivity index (χ4n) is 1.26. The van der Waals surface area contributed by atoms with Crippen LogP contribution in [0.5, 0.6) is 0 Å². The molecule has 0 aromatic rings. The molecule has 1 aliphatic carbocycles. The van der Waals surface area contributed by atoms with E-state index in [1.165, 1.54) is 19.4 Å². The monoisotopic (exact) mass is 184 g/mol. The Morgan fingerprint density at radius 1 is 1.77 bits per heavy atom. The average Bonchev–Trinajstić information content (AvgIpc) is 2.15. The number of hydrogen-bond donors (Lipinski definition) is 0. The number of methoxy groups -OCH3 is 1. The first-order valence-electron chi connectivity index (χ1n) is 4.31. The van der Waals surface area contributed by atoms with E-state index in [9.17, 15) is 9.18 Å². The molecule has 0 saturated heterocycles. The second kappa shape index (κ2) is 4.80. The molecule has 0 amide bonds. The lowest BCUT2D eigenvalue weighted by Gasteiger charge is -2.13. The average molecular weight is 184 g/mol. The van der Waals surface area contributed by atoms with Crippen LogP contribution in [0.25, 0.3) is 0 Å². The molecule has 0 radical (unpaired) electrons. The lowest BCUT2D eigenvalue weighted by molar-refractivity contribution is -0.111. The van der Waals surface area contributed by atoms with Gasteiger partial charge in [0.2, 0.25) is 0 Å². The van der Waals surface area contributed by atoms with Gasteiger partial charge in [-0.1, -0.05) is 6.08 Å². The first kappa shape index (κ1) is 9.96. The lowest BCUT2D eigenvalue weighted by atomic mass is 9.95. The molecule has 1 aliphatic rings. The van der Waals surface area contributed by atoms with E-state index in [1.54, 1.807) is 6.08 Å². The van der Waals surface area contributed by atoms with Crippen LogP contribution in [-0.2, 0) is 9.53 Å². The van der Waals surface area contributed by atoms with E-state index in [4.69, 9.17) is 0 Å². The maximum Gasteiger partial charge on any atom is 0.184 e. The molecule has 1 unspecified atom stereocenters. The van der Waals surface area contributed by atoms with E-state index >= 15 is 0 Å². The second-order valence-corrected chi connectivity index (χ2v) is 3.00. The summed E-state index contributed by atoms with van der Waals surface area (Å²) in [5.41, 5.74) is 0.696. The quantitative estimate of drug-likeness (QED) is 0.496. The molecule has 2 nitrogen and oxygen atoms in total. The van der Waals surface area contributed by atoms with Crippen LogP contribution in [0.1, 0.15) is 19.3 Å². The Hall–Kier alpha value is -1.12. The number of ketones is 1. The molecular formula is C10H13FO2. The smallest absolute Gasteiger partial charge is 0.184 e. The summed E-state index contributed by atoms with van der Waals surface area (Å²) >= 11 is 0. The van der Waals surface area contributed by atoms with Crippen LogP contribution in [0.15, 0.2) is 24.0 Å². The van der Waals surface area contributed by atoms with Gasteiger partial charge in [0, 0.05) is 6.08 Å². The Morgan fingerprint density at radius 3 is 3.08 bits per heavy atom. The fraction of sp³-hybridized carbons (Fsp3) is 0.500. The van der Waals surface area contributed by atoms with E-state index in [0.29, 0.717) is 24.8 Å². The van der Waals surface area contributed by atoms with Gasteiger partial charge in [-0.05, 0) is 24.8 Å². The van der Waals surface area contributed by atoms with E-state index < -0.39 is 6.17 Å². The van der Waals surface area contributed by atoms with Gasteiger partial charge in [0.05, 0.1) is 13.4 Å². The third kappa shape index (κ3) is 3.01. The topological polar surface area (TPSA) is 26.3 Å². The van der Waals surface area contributed by atoms with Gasteiger partial charge in [-0.3, -0.25) is 4.79 Å². The summed E-state index contributed by atoms with van der Waals surface area (Å²) in [6.07, 6.45) is 4.96. The van der Waals surface area contributed by atoms with Gasteiger partial charge in [0.15, 0.2) is 5.78 Å². The van der Waals surface area contributed by atoms with Gasteiger partial charge in [0.1, 0.15) is 6.17 Å². The Labute approximate surface area is 77.1 Å². The summed E-state index contributed by atoms with van der Waals surface area (Å²) in [6.45, 7) is 0. The molecule has 1 atom stereocenters. The molecule has 0 heterocycles. The summed E-state index contributed by atoms with van der Waals surface area (Å²) in [5, 5.41) is 0. The molecule has 0 aromatic heterocycles. The maximum absolute atomic E-state index is 12.7. The van der Waals surface area contributed by atoms with Crippen molar-refractivity contribution < 1.29 is 13.9 Å². The van der Waals surface area contributed by atoms with Crippen molar-refractivity contribution in [3.8, 4) is 0 Å². The Balaban J connectivity index is 2.53. The molecule has 1 rings (SSSR count). The van der Waals surface area contributed by atoms with Gasteiger partial charge >= 0.3 is 0 Å². The van der Waals surface area contributed by atoms with Crippen molar-refractivity contribution in [2.75, 3.05) is 7.11 Å². The van der Waals surface area contributed by atoms with Crippen LogP contribution >= 0.6 is 0 Å². The van der Waals surface area contributed by atoms with Crippen molar-refractivity contribution in [2.45, 2.75) is 25.4 Å². The third-order valence-corrected chi connectivity index (χ3v) is 2.02. The molecule has 3 heteroatoms. The largest absolute Gasteiger partial charge is 0.504 e. The van der Waals surface area contributed by atoms with Crippen LogP contribution in [0.4, 0.5) is 4.39 Å². The first-order valence-corrected chi connectivity index (χ1v) is 4.31. The standard InChI is InChI=1S/C10H13FO2/c1-13-7-6-10(12)8-2-4-9(11)5-3-8/h2,6-7,9H,3-5H2,1H3/b7-6-. The van der Waals surface area contributed by atoms with Crippen LogP contribution in [0.2, 0.25) is 0 Å². The summed E-state index contributed by atoms with van der Waals surface area (Å²) in [7, 11) is 1.48. The number of carbonyl (C=O) groups is 1. The van der Waals surface area contributed by atoms with Gasteiger partial charge < -0.3 is 4.74 Å². The fourth-order valence-corrected chi connectivity index (χ4v) is 1.26. The zero-order valence-corrected chi connectivity index (χ0v) is 7.63. The maximum atomic E-state index is 12.7. The van der Waals surface area contributed by atoms with Gasteiger partial charge in [-0.15, -0.1) is 0 Å². The Bertz CT molecular complexity index is 243. The molecule has 0 N–H and O–H groups in total. The van der Waals surface area contributed by atoms with E-state index in [0.717, 1.165) is 0 Å². The minimum atomic E-state index is -0.775. The van der Waals surface area contributed by atoms with Crippen molar-refractivity contribution in [3.05, 3.63) is 24.0 Å². The number of carbonyl (C=O) groups excluding carboxylic acids is 1. The number of allylic oxidation sites excluding steroid dienone is 3. The predicted octanol–water partition coefficient (Wildman–Crippen LogP) is 2.16. The van der Waals surface area contributed by atoms with Crippen molar-refractivity contribution in [3.63, 3.8) is 0 Å². The minimum absolute atomic E-state index is 0.0752. The van der Waals surface area contributed by atoms with E-state index in [-0.39, 0.29) is 5.78 Å². The number of hydrogen-bond acceptors (Lipinski definition) is 2. The highest BCUT2D eigenvalue weighted by molar-refractivity contribution is 6.03. The van der Waals surface area contributed by atoms with Crippen LogP contribution in [0.3, 0.4) is 0 Å². The highest BCUT2D eigenvalue weighted by Gasteiger charge is 2.16. The van der Waals surface area contributed by atoms with Crippen molar-refractivity contribution in [1.29, 1.82) is 0 Å². The van der Waals surface area contributed by atoms with Crippen molar-refractivity contribution in [2.24, 2.45) is 0 Å². The molecular weight excluding hydrogens is 171 g/mol. The summed E-state index contributed by atoms with van der Waals surface area (Å²) in [6, 6.07) is 0. The summed E-state index contributed by atoms with van der Waals surface area (Å²) < 4.78 is 17.3. The molecule has 0 spiro atoms. The van der Waals surface area contributed by atoms with Gasteiger partial charge in [-0.25, -0.2) is 4.39 Å². The predicted molar refractivity (Wildman–Crippen MR) is 48.0 cm³/mol. The second-order valence-electron chi connectivity index (χ2n) is 3.00. The molecule has 72 valence electrons. The normalized spacial score (nSPS) is 22.9. The first-order chi connectivity index (χ1) is 6.24. The Kier molecular flexibility index (Phi) is 3.68. The molecule has 0 saturated carbocycles. The number of rotatable bonds is 3. The molecule has 0 bridgehead atoms. The lowest BCUT2D eigenvalue weighted by Crippen LogP contribution is -2.10. The highest BCUT2D eigenvalue weighted by atomic mass is 19.1. The highest BCUT2D eigenvalue weighted by Crippen LogP contribution is 2.21. The number of halogens is 1. The Morgan fingerprint density at radius 2 is 2.54 bits per heavy atom.